The topological polar surface area (TPSA) is 63.7 Å². The summed E-state index contributed by atoms with van der Waals surface area (Å²) in [5.41, 5.74) is 0.0445. The van der Waals surface area contributed by atoms with Crippen LogP contribution in [-0.4, -0.2) is 44.6 Å². The van der Waals surface area contributed by atoms with Crippen LogP contribution in [0.4, 0.5) is 0 Å². The van der Waals surface area contributed by atoms with Crippen molar-refractivity contribution in [1.82, 2.24) is 4.31 Å². The van der Waals surface area contributed by atoms with Gasteiger partial charge in [-0.15, -0.1) is 0 Å². The molecule has 1 fully saturated rings. The first-order valence-electron chi connectivity index (χ1n) is 7.64. The fourth-order valence-electron chi connectivity index (χ4n) is 3.08. The first-order chi connectivity index (χ1) is 10.8. The summed E-state index contributed by atoms with van der Waals surface area (Å²) in [6.45, 7) is 2.61. The summed E-state index contributed by atoms with van der Waals surface area (Å²) in [7, 11) is -3.35. The summed E-state index contributed by atoms with van der Waals surface area (Å²) in [5.74, 6) is -0.340. The van der Waals surface area contributed by atoms with Gasteiger partial charge in [-0.05, 0) is 43.9 Å². The average Bonchev–Trinajstić information content (AvgIpc) is 2.47. The molecule has 0 aromatic heterocycles. The molecule has 1 aliphatic rings. The van der Waals surface area contributed by atoms with Gasteiger partial charge in [-0.25, -0.2) is 12.7 Å². The molecule has 1 heterocycles. The van der Waals surface area contributed by atoms with E-state index in [1.54, 1.807) is 13.0 Å². The molecule has 0 aliphatic carbocycles. The molecule has 5 nitrogen and oxygen atoms in total. The maximum atomic E-state index is 12.6. The van der Waals surface area contributed by atoms with Crippen molar-refractivity contribution in [2.45, 2.75) is 26.2 Å². The van der Waals surface area contributed by atoms with Crippen molar-refractivity contribution < 1.29 is 17.9 Å². The summed E-state index contributed by atoms with van der Waals surface area (Å²) in [5, 5.41) is 0.595. The molecule has 1 atom stereocenters. The number of nitrogens with zero attached hydrogens (tertiary/aromatic N) is 1. The summed E-state index contributed by atoms with van der Waals surface area (Å²) in [6, 6.07) is 7.30. The van der Waals surface area contributed by atoms with E-state index in [0.29, 0.717) is 30.8 Å². The molecule has 0 unspecified atom stereocenters. The molecule has 0 radical (unpaired) electrons. The van der Waals surface area contributed by atoms with Gasteiger partial charge in [-0.1, -0.05) is 23.7 Å². The standard InChI is InChI=1S/C16H22ClNO4S/c1-3-22-15(19)16(11-13-6-4-7-14(17)10-13)8-5-9-18(12-16)23(2,20)21/h4,6-7,10H,3,5,8-9,11-12H2,1-2H3/t16-/m0/s1. The number of carbonyl (C=O) groups is 1. The summed E-state index contributed by atoms with van der Waals surface area (Å²) < 4.78 is 30.5. The molecule has 0 bridgehead atoms. The third-order valence-electron chi connectivity index (χ3n) is 4.15. The van der Waals surface area contributed by atoms with Gasteiger partial charge in [0.25, 0.3) is 0 Å². The van der Waals surface area contributed by atoms with E-state index >= 15 is 0 Å². The quantitative estimate of drug-likeness (QED) is 0.758. The van der Waals surface area contributed by atoms with Gasteiger partial charge in [0.1, 0.15) is 0 Å². The van der Waals surface area contributed by atoms with Crippen molar-refractivity contribution in [3.63, 3.8) is 0 Å². The minimum absolute atomic E-state index is 0.150. The van der Waals surface area contributed by atoms with Crippen molar-refractivity contribution in [3.05, 3.63) is 34.9 Å². The SMILES string of the molecule is CCOC(=O)[C@]1(Cc2cccc(Cl)c2)CCCN(S(C)(=O)=O)C1. The Hall–Kier alpha value is -1.11. The van der Waals surface area contributed by atoms with Crippen LogP contribution in [0.15, 0.2) is 24.3 Å². The van der Waals surface area contributed by atoms with E-state index in [4.69, 9.17) is 16.3 Å². The Bertz CT molecular complexity index is 676. The maximum Gasteiger partial charge on any atom is 0.313 e. The van der Waals surface area contributed by atoms with Crippen LogP contribution >= 0.6 is 11.6 Å². The lowest BCUT2D eigenvalue weighted by atomic mass is 9.75. The highest BCUT2D eigenvalue weighted by atomic mass is 35.5. The van der Waals surface area contributed by atoms with Crippen LogP contribution in [0, 0.1) is 5.41 Å². The van der Waals surface area contributed by atoms with Crippen molar-refractivity contribution in [2.24, 2.45) is 5.41 Å². The van der Waals surface area contributed by atoms with Crippen LogP contribution in [0.5, 0.6) is 0 Å². The molecule has 1 aliphatic heterocycles. The van der Waals surface area contributed by atoms with Gasteiger partial charge in [0.2, 0.25) is 10.0 Å². The van der Waals surface area contributed by atoms with Crippen molar-refractivity contribution in [3.8, 4) is 0 Å². The van der Waals surface area contributed by atoms with E-state index in [1.165, 1.54) is 10.6 Å². The number of carbonyl (C=O) groups excluding carboxylic acids is 1. The Labute approximate surface area is 142 Å². The minimum atomic E-state index is -3.35. The molecule has 23 heavy (non-hydrogen) atoms. The van der Waals surface area contributed by atoms with E-state index in [1.807, 2.05) is 18.2 Å². The fraction of sp³-hybridized carbons (Fsp3) is 0.562. The first-order valence-corrected chi connectivity index (χ1v) is 9.86. The number of rotatable bonds is 5. The molecular weight excluding hydrogens is 338 g/mol. The average molecular weight is 360 g/mol. The molecule has 0 amide bonds. The second kappa shape index (κ2) is 7.20. The highest BCUT2D eigenvalue weighted by molar-refractivity contribution is 7.88. The predicted octanol–water partition coefficient (Wildman–Crippen LogP) is 2.49. The minimum Gasteiger partial charge on any atom is -0.466 e. The van der Waals surface area contributed by atoms with Crippen LogP contribution in [0.2, 0.25) is 5.02 Å². The molecule has 1 aromatic carbocycles. The Kier molecular flexibility index (Phi) is 5.70. The number of benzene rings is 1. The van der Waals surface area contributed by atoms with Crippen LogP contribution in [-0.2, 0) is 26.0 Å². The molecule has 1 aromatic rings. The number of hydrogen-bond donors (Lipinski definition) is 0. The Morgan fingerprint density at radius 2 is 2.17 bits per heavy atom. The normalized spacial score (nSPS) is 22.7. The van der Waals surface area contributed by atoms with Gasteiger partial charge in [-0.3, -0.25) is 4.79 Å². The van der Waals surface area contributed by atoms with E-state index in [9.17, 15) is 13.2 Å². The summed E-state index contributed by atoms with van der Waals surface area (Å²) in [4.78, 5) is 12.6. The highest BCUT2D eigenvalue weighted by Crippen LogP contribution is 2.36. The highest BCUT2D eigenvalue weighted by Gasteiger charge is 2.45. The molecule has 7 heteroatoms. The number of hydrogen-bond acceptors (Lipinski definition) is 4. The van der Waals surface area contributed by atoms with E-state index in [-0.39, 0.29) is 19.1 Å². The molecule has 128 valence electrons. The van der Waals surface area contributed by atoms with E-state index in [2.05, 4.69) is 0 Å². The zero-order chi connectivity index (χ0) is 17.1. The van der Waals surface area contributed by atoms with Gasteiger partial charge in [-0.2, -0.15) is 0 Å². The van der Waals surface area contributed by atoms with E-state index < -0.39 is 15.4 Å². The number of sulfonamides is 1. The second-order valence-corrected chi connectivity index (χ2v) is 8.43. The predicted molar refractivity (Wildman–Crippen MR) is 89.9 cm³/mol. The smallest absolute Gasteiger partial charge is 0.313 e. The Morgan fingerprint density at radius 1 is 1.43 bits per heavy atom. The van der Waals surface area contributed by atoms with Gasteiger partial charge in [0, 0.05) is 18.1 Å². The van der Waals surface area contributed by atoms with Crippen LogP contribution in [0.3, 0.4) is 0 Å². The van der Waals surface area contributed by atoms with Crippen molar-refractivity contribution in [2.75, 3.05) is 26.0 Å². The monoisotopic (exact) mass is 359 g/mol. The lowest BCUT2D eigenvalue weighted by Gasteiger charge is -2.40. The van der Waals surface area contributed by atoms with Gasteiger partial charge in [0.05, 0.1) is 18.3 Å². The summed E-state index contributed by atoms with van der Waals surface area (Å²) >= 11 is 6.03. The third kappa shape index (κ3) is 4.46. The maximum absolute atomic E-state index is 12.6. The van der Waals surface area contributed by atoms with Crippen LogP contribution in [0.1, 0.15) is 25.3 Å². The molecule has 2 rings (SSSR count). The number of halogens is 1. The molecule has 1 saturated heterocycles. The Morgan fingerprint density at radius 3 is 2.78 bits per heavy atom. The van der Waals surface area contributed by atoms with Crippen LogP contribution in [0.25, 0.3) is 0 Å². The number of ether oxygens (including phenoxy) is 1. The van der Waals surface area contributed by atoms with Crippen molar-refractivity contribution in [1.29, 1.82) is 0 Å². The first kappa shape index (κ1) is 18.2. The molecule has 0 saturated carbocycles. The fourth-order valence-corrected chi connectivity index (χ4v) is 4.23. The molecule has 0 spiro atoms. The third-order valence-corrected chi connectivity index (χ3v) is 5.64. The lowest BCUT2D eigenvalue weighted by molar-refractivity contribution is -0.157. The molecule has 0 N–H and O–H groups in total. The Balaban J connectivity index is 2.34. The molecular formula is C16H22ClNO4S. The second-order valence-electron chi connectivity index (χ2n) is 6.01. The van der Waals surface area contributed by atoms with E-state index in [0.717, 1.165) is 5.56 Å². The number of esters is 1. The lowest BCUT2D eigenvalue weighted by Crippen LogP contribution is -2.51. The van der Waals surface area contributed by atoms with Gasteiger partial charge in [0.15, 0.2) is 0 Å². The van der Waals surface area contributed by atoms with Gasteiger partial charge < -0.3 is 4.74 Å². The van der Waals surface area contributed by atoms with Crippen LogP contribution < -0.4 is 0 Å². The van der Waals surface area contributed by atoms with Gasteiger partial charge >= 0.3 is 5.97 Å². The number of piperidine rings is 1. The summed E-state index contributed by atoms with van der Waals surface area (Å²) in [6.07, 6.45) is 2.82. The van der Waals surface area contributed by atoms with Crippen molar-refractivity contribution >= 4 is 27.6 Å². The largest absolute Gasteiger partial charge is 0.466 e. The zero-order valence-corrected chi connectivity index (χ0v) is 15.0. The zero-order valence-electron chi connectivity index (χ0n) is 13.4.